The lowest BCUT2D eigenvalue weighted by Crippen LogP contribution is -2.11. The molecular weight excluding hydrogens is 251 g/mol. The minimum absolute atomic E-state index is 0.0177. The molecule has 17 heavy (non-hydrogen) atoms. The molecule has 0 N–H and O–H groups in total. The number of halogens is 4. The molecule has 0 unspecified atom stereocenters. The van der Waals surface area contributed by atoms with Crippen LogP contribution in [0, 0.1) is 0 Å². The van der Waals surface area contributed by atoms with Crippen molar-refractivity contribution in [1.29, 1.82) is 0 Å². The van der Waals surface area contributed by atoms with E-state index in [0.717, 1.165) is 0 Å². The molecule has 5 heteroatoms. The van der Waals surface area contributed by atoms with Gasteiger partial charge in [-0.1, -0.05) is 42.4 Å². The van der Waals surface area contributed by atoms with Crippen molar-refractivity contribution in [3.05, 3.63) is 47.8 Å². The smallest absolute Gasteiger partial charge is 0.235 e. The van der Waals surface area contributed by atoms with E-state index in [4.69, 9.17) is 11.6 Å². The first-order chi connectivity index (χ1) is 7.89. The van der Waals surface area contributed by atoms with Crippen LogP contribution >= 0.6 is 11.6 Å². The Morgan fingerprint density at radius 1 is 1.24 bits per heavy atom. The molecule has 0 amide bonds. The Labute approximate surface area is 101 Å². The molecule has 0 spiro atoms. The third-order valence-corrected chi connectivity index (χ3v) is 2.53. The van der Waals surface area contributed by atoms with Crippen molar-refractivity contribution in [3.8, 4) is 0 Å². The summed E-state index contributed by atoms with van der Waals surface area (Å²) in [6.07, 6.45) is -4.51. The van der Waals surface area contributed by atoms with Gasteiger partial charge < -0.3 is 0 Å². The Kier molecular flexibility index (Phi) is 2.83. The zero-order valence-corrected chi connectivity index (χ0v) is 9.31. The first-order valence-corrected chi connectivity index (χ1v) is 5.09. The lowest BCUT2D eigenvalue weighted by molar-refractivity contribution is -0.0688. The largest absolute Gasteiger partial charge is 0.417 e. The van der Waals surface area contributed by atoms with Crippen LogP contribution in [0.1, 0.15) is 5.69 Å². The Morgan fingerprint density at radius 2 is 1.88 bits per heavy atom. The van der Waals surface area contributed by atoms with Gasteiger partial charge in [0.15, 0.2) is 0 Å². The normalized spacial score (nSPS) is 11.8. The van der Waals surface area contributed by atoms with Crippen LogP contribution in [0.4, 0.5) is 13.2 Å². The van der Waals surface area contributed by atoms with Crippen molar-refractivity contribution >= 4 is 27.9 Å². The fourth-order valence-corrected chi connectivity index (χ4v) is 1.73. The number of rotatable bonds is 1. The van der Waals surface area contributed by atoms with Crippen molar-refractivity contribution in [2.75, 3.05) is 0 Å². The second kappa shape index (κ2) is 4.04. The Hall–Kier alpha value is -1.55. The minimum atomic E-state index is -4.51. The van der Waals surface area contributed by atoms with Crippen molar-refractivity contribution in [1.82, 2.24) is 4.98 Å². The predicted molar refractivity (Wildman–Crippen MR) is 61.8 cm³/mol. The van der Waals surface area contributed by atoms with Gasteiger partial charge in [-0.05, 0) is 11.5 Å². The molecule has 2 aromatic rings. The maximum absolute atomic E-state index is 12.6. The summed E-state index contributed by atoms with van der Waals surface area (Å²) in [4.78, 5) is 3.71. The number of alkyl halides is 3. The van der Waals surface area contributed by atoms with Gasteiger partial charge in [0.05, 0.1) is 11.3 Å². The molecule has 0 atom stereocenters. The van der Waals surface area contributed by atoms with Crippen molar-refractivity contribution in [2.45, 2.75) is 6.18 Å². The molecule has 1 heterocycles. The van der Waals surface area contributed by atoms with Crippen LogP contribution in [-0.2, 0) is 0 Å². The number of nitrogens with zero attached hydrogens (tertiary/aromatic N) is 1. The van der Waals surface area contributed by atoms with Crippen LogP contribution in [0.2, 0.25) is 5.15 Å². The quantitative estimate of drug-likeness (QED) is 0.687. The maximum Gasteiger partial charge on any atom is 0.417 e. The fraction of sp³-hybridized carbons (Fsp3) is 0.0833. The van der Waals surface area contributed by atoms with E-state index in [-0.39, 0.29) is 10.8 Å². The number of hydrogen-bond donors (Lipinski definition) is 0. The van der Waals surface area contributed by atoms with Crippen molar-refractivity contribution in [2.24, 2.45) is 0 Å². The van der Waals surface area contributed by atoms with Gasteiger partial charge in [-0.3, -0.25) is 0 Å². The van der Waals surface area contributed by atoms with E-state index in [1.165, 1.54) is 6.07 Å². The molecule has 1 nitrogen and oxygen atoms in total. The topological polar surface area (TPSA) is 12.9 Å². The lowest BCUT2D eigenvalue weighted by atomic mass is 10.1. The van der Waals surface area contributed by atoms with Crippen molar-refractivity contribution < 1.29 is 13.2 Å². The highest BCUT2D eigenvalue weighted by Crippen LogP contribution is 2.35. The summed E-state index contributed by atoms with van der Waals surface area (Å²) in [5.41, 5.74) is -1.21. The zero-order valence-electron chi connectivity index (χ0n) is 8.55. The Bertz CT molecular complexity index is 590. The number of pyridine rings is 1. The average Bonchev–Trinajstić information content (AvgIpc) is 2.25. The van der Waals surface area contributed by atoms with E-state index in [1.54, 1.807) is 24.3 Å². The van der Waals surface area contributed by atoms with Gasteiger partial charge in [-0.2, -0.15) is 13.2 Å². The highest BCUT2D eigenvalue weighted by Gasteiger charge is 2.34. The predicted octanol–water partition coefficient (Wildman–Crippen LogP) is 4.46. The van der Waals surface area contributed by atoms with Gasteiger partial charge >= 0.3 is 6.18 Å². The van der Waals surface area contributed by atoms with Crippen LogP contribution in [-0.4, -0.2) is 11.2 Å². The molecule has 0 aliphatic heterocycles. The fourth-order valence-electron chi connectivity index (χ4n) is 1.53. The van der Waals surface area contributed by atoms with Crippen LogP contribution in [0.5, 0.6) is 0 Å². The number of allylic oxidation sites excluding steroid dienone is 1. The Morgan fingerprint density at radius 3 is 2.53 bits per heavy atom. The van der Waals surface area contributed by atoms with E-state index in [1.807, 2.05) is 0 Å². The summed E-state index contributed by atoms with van der Waals surface area (Å²) < 4.78 is 37.8. The van der Waals surface area contributed by atoms with Gasteiger partial charge in [0.1, 0.15) is 5.15 Å². The molecule has 0 aliphatic rings. The first-order valence-electron chi connectivity index (χ1n) is 4.71. The lowest BCUT2D eigenvalue weighted by Gasteiger charge is -2.12. The Balaban J connectivity index is 2.73. The van der Waals surface area contributed by atoms with Crippen LogP contribution < -0.4 is 0 Å². The standard InChI is InChI=1S/C12H7ClF3N/c1-7(12(14,15)16)11-9-5-3-2-4-8(9)6-10(13)17-11/h2-6H,1H2. The molecule has 2 rings (SSSR count). The monoisotopic (exact) mass is 257 g/mol. The second-order valence-corrected chi connectivity index (χ2v) is 3.88. The number of fused-ring (bicyclic) bond motifs is 1. The molecule has 0 saturated heterocycles. The van der Waals surface area contributed by atoms with Gasteiger partial charge in [-0.25, -0.2) is 4.98 Å². The number of benzene rings is 1. The molecule has 0 saturated carbocycles. The number of aromatic nitrogens is 1. The highest BCUT2D eigenvalue weighted by molar-refractivity contribution is 6.30. The van der Waals surface area contributed by atoms with E-state index in [2.05, 4.69) is 11.6 Å². The summed E-state index contributed by atoms with van der Waals surface area (Å²) in [5, 5.41) is 1.01. The van der Waals surface area contributed by atoms with E-state index in [0.29, 0.717) is 10.8 Å². The zero-order chi connectivity index (χ0) is 12.6. The minimum Gasteiger partial charge on any atom is -0.235 e. The summed E-state index contributed by atoms with van der Waals surface area (Å²) in [5.74, 6) is 0. The molecule has 1 aromatic carbocycles. The average molecular weight is 258 g/mol. The number of hydrogen-bond acceptors (Lipinski definition) is 1. The molecular formula is C12H7ClF3N. The van der Waals surface area contributed by atoms with Gasteiger partial charge in [-0.15, -0.1) is 0 Å². The highest BCUT2D eigenvalue weighted by atomic mass is 35.5. The molecule has 0 fully saturated rings. The summed E-state index contributed by atoms with van der Waals surface area (Å²) in [7, 11) is 0. The third kappa shape index (κ3) is 2.26. The first kappa shape index (κ1) is 11.9. The van der Waals surface area contributed by atoms with E-state index >= 15 is 0 Å². The molecule has 0 radical (unpaired) electrons. The van der Waals surface area contributed by atoms with Crippen LogP contribution in [0.25, 0.3) is 16.3 Å². The summed E-state index contributed by atoms with van der Waals surface area (Å²) in [6.45, 7) is 3.04. The van der Waals surface area contributed by atoms with Crippen molar-refractivity contribution in [3.63, 3.8) is 0 Å². The SMILES string of the molecule is C=C(c1nc(Cl)cc2ccccc12)C(F)(F)F. The molecule has 0 aliphatic carbocycles. The molecule has 88 valence electrons. The molecule has 1 aromatic heterocycles. The third-order valence-electron chi connectivity index (χ3n) is 2.34. The second-order valence-electron chi connectivity index (χ2n) is 3.49. The molecule has 0 bridgehead atoms. The van der Waals surface area contributed by atoms with E-state index < -0.39 is 11.7 Å². The summed E-state index contributed by atoms with van der Waals surface area (Å²) >= 11 is 5.70. The van der Waals surface area contributed by atoms with Gasteiger partial charge in [0.25, 0.3) is 0 Å². The van der Waals surface area contributed by atoms with Crippen LogP contribution in [0.3, 0.4) is 0 Å². The van der Waals surface area contributed by atoms with E-state index in [9.17, 15) is 13.2 Å². The van der Waals surface area contributed by atoms with Gasteiger partial charge in [0.2, 0.25) is 0 Å². The maximum atomic E-state index is 12.6. The van der Waals surface area contributed by atoms with Crippen LogP contribution in [0.15, 0.2) is 36.9 Å². The van der Waals surface area contributed by atoms with Gasteiger partial charge in [0, 0.05) is 5.39 Å². The summed E-state index contributed by atoms with van der Waals surface area (Å²) in [6, 6.07) is 8.12.